The molecule has 8 rings (SSSR count). The van der Waals surface area contributed by atoms with Crippen molar-refractivity contribution < 1.29 is 19.4 Å². The minimum Gasteiger partial charge on any atom is -0.392 e. The number of carbonyl (C=O) groups is 1. The van der Waals surface area contributed by atoms with Gasteiger partial charge in [0.15, 0.2) is 6.29 Å². The van der Waals surface area contributed by atoms with Crippen molar-refractivity contribution in [1.29, 1.82) is 0 Å². The first-order valence-corrected chi connectivity index (χ1v) is 15.9. The van der Waals surface area contributed by atoms with Gasteiger partial charge in [0.1, 0.15) is 0 Å². The lowest BCUT2D eigenvalue weighted by Gasteiger charge is -2.56. The number of nitrogens with one attached hydrogen (secondary N) is 2. The van der Waals surface area contributed by atoms with Crippen LogP contribution < -0.4 is 10.6 Å². The normalized spacial score (nSPS) is 34.9. The van der Waals surface area contributed by atoms with E-state index in [4.69, 9.17) is 9.47 Å². The molecule has 0 spiro atoms. The highest BCUT2D eigenvalue weighted by Crippen LogP contribution is 2.55. The summed E-state index contributed by atoms with van der Waals surface area (Å²) in [5.74, 6) is 2.39. The zero-order chi connectivity index (χ0) is 27.8. The number of aliphatic hydroxyl groups excluding tert-OH is 1. The number of aliphatic hydroxyl groups is 1. The summed E-state index contributed by atoms with van der Waals surface area (Å²) < 4.78 is 13.1. The molecule has 0 unspecified atom stereocenters. The van der Waals surface area contributed by atoms with E-state index in [0.29, 0.717) is 0 Å². The van der Waals surface area contributed by atoms with Gasteiger partial charge in [-0.1, -0.05) is 42.8 Å². The zero-order valence-electron chi connectivity index (χ0n) is 24.1. The average molecular weight is 560 g/mol. The summed E-state index contributed by atoms with van der Waals surface area (Å²) in [6, 6.07) is 15.9. The summed E-state index contributed by atoms with van der Waals surface area (Å²) in [6.45, 7) is 3.21. The van der Waals surface area contributed by atoms with Crippen LogP contribution in [0.5, 0.6) is 0 Å². The molecule has 2 amide bonds. The van der Waals surface area contributed by atoms with Crippen molar-refractivity contribution in [1.82, 2.24) is 10.2 Å². The topological polar surface area (TPSA) is 83.1 Å². The van der Waals surface area contributed by atoms with Gasteiger partial charge in [-0.05, 0) is 105 Å². The molecule has 3 N–H and O–H groups in total. The Morgan fingerprint density at radius 3 is 2.10 bits per heavy atom. The van der Waals surface area contributed by atoms with Gasteiger partial charge in [-0.2, -0.15) is 0 Å². The highest BCUT2D eigenvalue weighted by atomic mass is 16.7. The number of anilines is 1. The van der Waals surface area contributed by atoms with E-state index in [9.17, 15) is 9.90 Å². The highest BCUT2D eigenvalue weighted by molar-refractivity contribution is 5.89. The number of carbonyl (C=O) groups excluding carboxylic acids is 1. The number of piperidine rings is 1. The summed E-state index contributed by atoms with van der Waals surface area (Å²) >= 11 is 0. The van der Waals surface area contributed by atoms with E-state index >= 15 is 0 Å². The van der Waals surface area contributed by atoms with Gasteiger partial charge in [0.25, 0.3) is 0 Å². The van der Waals surface area contributed by atoms with Crippen molar-refractivity contribution in [3.05, 3.63) is 65.2 Å². The Bertz CT molecular complexity index is 1160. The van der Waals surface area contributed by atoms with Gasteiger partial charge in [-0.15, -0.1) is 0 Å². The number of nitrogens with zero attached hydrogens (tertiary/aromatic N) is 1. The van der Waals surface area contributed by atoms with Crippen molar-refractivity contribution in [3.63, 3.8) is 0 Å². The number of hydrogen-bond donors (Lipinski definition) is 3. The van der Waals surface area contributed by atoms with Crippen LogP contribution >= 0.6 is 0 Å². The molecule has 2 aliphatic heterocycles. The molecule has 2 saturated heterocycles. The first kappa shape index (κ1) is 27.4. The Labute approximate surface area is 244 Å². The third kappa shape index (κ3) is 6.19. The van der Waals surface area contributed by atoms with Crippen molar-refractivity contribution in [2.24, 2.45) is 17.8 Å². The van der Waals surface area contributed by atoms with Gasteiger partial charge in [0, 0.05) is 29.8 Å². The van der Waals surface area contributed by atoms with Crippen LogP contribution in [-0.2, 0) is 16.1 Å². The van der Waals surface area contributed by atoms with Crippen LogP contribution in [0.15, 0.2) is 48.5 Å². The summed E-state index contributed by atoms with van der Waals surface area (Å²) in [4.78, 5) is 15.6. The quantitative estimate of drug-likeness (QED) is 0.371. The van der Waals surface area contributed by atoms with E-state index in [1.165, 1.54) is 38.5 Å². The lowest BCUT2D eigenvalue weighted by atomic mass is 9.53. The van der Waals surface area contributed by atoms with Crippen molar-refractivity contribution in [3.8, 4) is 0 Å². The molecule has 4 bridgehead atoms. The van der Waals surface area contributed by atoms with Gasteiger partial charge in [-0.3, -0.25) is 0 Å². The third-order valence-corrected chi connectivity index (χ3v) is 10.4. The van der Waals surface area contributed by atoms with Crippen LogP contribution in [0.1, 0.15) is 93.3 Å². The molecule has 220 valence electrons. The predicted octanol–water partition coefficient (Wildman–Crippen LogP) is 6.30. The molecule has 3 atom stereocenters. The molecule has 41 heavy (non-hydrogen) atoms. The molecular weight excluding hydrogens is 514 g/mol. The Morgan fingerprint density at radius 1 is 0.829 bits per heavy atom. The maximum atomic E-state index is 13.1. The molecule has 2 aromatic rings. The first-order valence-electron chi connectivity index (χ1n) is 15.9. The minimum atomic E-state index is -0.476. The monoisotopic (exact) mass is 559 g/mol. The van der Waals surface area contributed by atoms with Crippen molar-refractivity contribution in [2.45, 2.75) is 94.9 Å². The lowest BCUT2D eigenvalue weighted by molar-refractivity contribution is -0.253. The molecule has 0 aromatic heterocycles. The van der Waals surface area contributed by atoms with Gasteiger partial charge in [0.2, 0.25) is 0 Å². The second kappa shape index (κ2) is 11.7. The van der Waals surface area contributed by atoms with E-state index in [0.717, 1.165) is 85.4 Å². The molecule has 2 aromatic carbocycles. The number of benzene rings is 2. The maximum absolute atomic E-state index is 13.1. The van der Waals surface area contributed by atoms with Crippen molar-refractivity contribution >= 4 is 11.7 Å². The molecule has 4 saturated carbocycles. The summed E-state index contributed by atoms with van der Waals surface area (Å²) in [5, 5.41) is 16.0. The smallest absolute Gasteiger partial charge is 0.319 e. The lowest BCUT2D eigenvalue weighted by Crippen LogP contribution is -2.60. The van der Waals surface area contributed by atoms with E-state index in [1.54, 1.807) is 0 Å². The van der Waals surface area contributed by atoms with Crippen LogP contribution in [0, 0.1) is 17.8 Å². The molecule has 6 fully saturated rings. The maximum Gasteiger partial charge on any atom is 0.319 e. The average Bonchev–Trinajstić information content (AvgIpc) is 2.97. The van der Waals surface area contributed by atoms with Gasteiger partial charge >= 0.3 is 6.03 Å². The van der Waals surface area contributed by atoms with E-state index in [1.807, 2.05) is 36.4 Å². The van der Waals surface area contributed by atoms with E-state index in [2.05, 4.69) is 27.7 Å². The number of likely N-dealkylation sites (tertiary alicyclic amines) is 1. The Kier molecular flexibility index (Phi) is 7.80. The molecule has 6 aliphatic rings. The SMILES string of the molecule is O=C(Nc1ccc([C@@H]2O[C@H](CN3CCCCC3)C[C@H](c3ccc(CO)cc3)O2)cc1)NC12CC3CC(CC(C3)C1)C2. The fourth-order valence-corrected chi connectivity index (χ4v) is 8.85. The van der Waals surface area contributed by atoms with Crippen LogP contribution in [0.4, 0.5) is 10.5 Å². The zero-order valence-corrected chi connectivity index (χ0v) is 24.1. The minimum absolute atomic E-state index is 0.00366. The third-order valence-electron chi connectivity index (χ3n) is 10.4. The van der Waals surface area contributed by atoms with Crippen LogP contribution in [0.25, 0.3) is 0 Å². The molecule has 2 heterocycles. The van der Waals surface area contributed by atoms with Crippen LogP contribution in [0.2, 0.25) is 0 Å². The Balaban J connectivity index is 1.02. The number of amides is 2. The Hall–Kier alpha value is -2.45. The predicted molar refractivity (Wildman–Crippen MR) is 158 cm³/mol. The van der Waals surface area contributed by atoms with Gasteiger partial charge in [0.05, 0.1) is 18.8 Å². The molecule has 4 aliphatic carbocycles. The molecule has 7 heteroatoms. The molecule has 0 radical (unpaired) electrons. The number of ether oxygens (including phenoxy) is 2. The second-order valence-corrected chi connectivity index (χ2v) is 13.6. The van der Waals surface area contributed by atoms with Gasteiger partial charge in [-0.25, -0.2) is 4.79 Å². The molecular formula is C34H45N3O4. The number of urea groups is 1. The van der Waals surface area contributed by atoms with Gasteiger partial charge < -0.3 is 30.1 Å². The van der Waals surface area contributed by atoms with E-state index in [-0.39, 0.29) is 30.4 Å². The van der Waals surface area contributed by atoms with Crippen LogP contribution in [0.3, 0.4) is 0 Å². The number of rotatable bonds is 7. The van der Waals surface area contributed by atoms with E-state index < -0.39 is 6.29 Å². The van der Waals surface area contributed by atoms with Crippen LogP contribution in [-0.4, -0.2) is 47.3 Å². The summed E-state index contributed by atoms with van der Waals surface area (Å²) in [5.41, 5.74) is 3.75. The second-order valence-electron chi connectivity index (χ2n) is 13.6. The molecule has 7 nitrogen and oxygen atoms in total. The first-order chi connectivity index (χ1) is 20.0. The highest BCUT2D eigenvalue weighted by Gasteiger charge is 2.51. The fourth-order valence-electron chi connectivity index (χ4n) is 8.85. The summed E-state index contributed by atoms with van der Waals surface area (Å²) in [7, 11) is 0. The Morgan fingerprint density at radius 2 is 1.46 bits per heavy atom. The number of hydrogen-bond acceptors (Lipinski definition) is 5. The fraction of sp³-hybridized carbons (Fsp3) is 0.618. The summed E-state index contributed by atoms with van der Waals surface area (Å²) in [6.07, 6.45) is 11.7. The largest absolute Gasteiger partial charge is 0.392 e. The standard InChI is InChI=1S/C34H45N3O4/c38-22-23-4-6-27(7-5-23)31-17-30(21-37-12-2-1-3-13-37)40-32(41-31)28-8-10-29(11-9-28)35-33(39)36-34-18-24-14-25(19-34)16-26(15-24)20-34/h4-11,24-26,30-32,38H,1-3,12-22H2,(H2,35,36,39)/t24?,25?,26?,30-,31+,32+,34?/m0/s1. The van der Waals surface area contributed by atoms with Crippen molar-refractivity contribution in [2.75, 3.05) is 25.0 Å².